The predicted molar refractivity (Wildman–Crippen MR) is 70.3 cm³/mol. The van der Waals surface area contributed by atoms with Gasteiger partial charge in [0.25, 0.3) is 0 Å². The van der Waals surface area contributed by atoms with Crippen LogP contribution < -0.4 is 10.6 Å². The molecular weight excluding hydrogens is 186 g/mol. The molecule has 2 N–H and O–H groups in total. The summed E-state index contributed by atoms with van der Waals surface area (Å²) in [7, 11) is 4.02. The molecule has 0 aliphatic carbocycles. The summed E-state index contributed by atoms with van der Waals surface area (Å²) in [4.78, 5) is 2.48. The van der Waals surface area contributed by atoms with E-state index in [2.05, 4.69) is 29.4 Å². The van der Waals surface area contributed by atoms with Crippen molar-refractivity contribution in [1.82, 2.24) is 15.5 Å². The number of hydrogen-bond donors (Lipinski definition) is 2. The largest absolute Gasteiger partial charge is 0.320 e. The number of hydrogen-bond acceptors (Lipinski definition) is 3. The Kier molecular flexibility index (Phi) is 16.0. The van der Waals surface area contributed by atoms with Crippen LogP contribution >= 0.6 is 0 Å². The molecule has 0 amide bonds. The minimum absolute atomic E-state index is 0.497. The summed E-state index contributed by atoms with van der Waals surface area (Å²) in [5, 5.41) is 6.46. The molecule has 1 unspecified atom stereocenters. The van der Waals surface area contributed by atoms with Crippen molar-refractivity contribution in [2.75, 3.05) is 33.7 Å². The zero-order valence-corrected chi connectivity index (χ0v) is 11.6. The second-order valence-electron chi connectivity index (χ2n) is 3.46. The normalized spacial score (nSPS) is 12.2. The second-order valence-corrected chi connectivity index (χ2v) is 3.46. The molecular formula is C12H31N3. The molecule has 0 fully saturated rings. The van der Waals surface area contributed by atoms with Crippen molar-refractivity contribution in [3.05, 3.63) is 0 Å². The van der Waals surface area contributed by atoms with E-state index in [1.807, 2.05) is 27.9 Å². The van der Waals surface area contributed by atoms with Gasteiger partial charge in [0.15, 0.2) is 0 Å². The van der Waals surface area contributed by atoms with Gasteiger partial charge in [0.05, 0.1) is 6.17 Å². The summed E-state index contributed by atoms with van der Waals surface area (Å²) >= 11 is 0. The first-order valence-corrected chi connectivity index (χ1v) is 6.32. The molecule has 0 rings (SSSR count). The quantitative estimate of drug-likeness (QED) is 0.480. The lowest BCUT2D eigenvalue weighted by molar-refractivity contribution is 0.184. The molecule has 0 bridgehead atoms. The van der Waals surface area contributed by atoms with Crippen molar-refractivity contribution in [3.63, 3.8) is 0 Å². The first-order valence-electron chi connectivity index (χ1n) is 6.32. The second kappa shape index (κ2) is 13.9. The molecule has 0 aliphatic heterocycles. The molecule has 0 aromatic heterocycles. The van der Waals surface area contributed by atoms with Crippen LogP contribution in [0.3, 0.4) is 0 Å². The van der Waals surface area contributed by atoms with Crippen molar-refractivity contribution in [1.29, 1.82) is 0 Å². The van der Waals surface area contributed by atoms with E-state index in [9.17, 15) is 0 Å². The lowest BCUT2D eigenvalue weighted by Crippen LogP contribution is -2.43. The van der Waals surface area contributed by atoms with E-state index in [0.717, 1.165) is 6.54 Å². The molecule has 0 heterocycles. The van der Waals surface area contributed by atoms with Gasteiger partial charge >= 0.3 is 0 Å². The molecule has 94 valence electrons. The van der Waals surface area contributed by atoms with E-state index in [1.54, 1.807) is 0 Å². The first kappa shape index (κ1) is 17.3. The van der Waals surface area contributed by atoms with Crippen molar-refractivity contribution in [3.8, 4) is 0 Å². The average Bonchev–Trinajstić information content (AvgIpc) is 2.30. The van der Waals surface area contributed by atoms with Gasteiger partial charge in [-0.1, -0.05) is 20.8 Å². The molecule has 0 saturated carbocycles. The lowest BCUT2D eigenvalue weighted by atomic mass is 10.3. The highest BCUT2D eigenvalue weighted by Gasteiger charge is 2.09. The zero-order valence-electron chi connectivity index (χ0n) is 11.6. The van der Waals surface area contributed by atoms with Crippen LogP contribution in [0, 0.1) is 0 Å². The van der Waals surface area contributed by atoms with Crippen LogP contribution in [0.2, 0.25) is 0 Å². The Morgan fingerprint density at radius 3 is 2.13 bits per heavy atom. The maximum Gasteiger partial charge on any atom is 0.0565 e. The molecule has 1 atom stereocenters. The van der Waals surface area contributed by atoms with Crippen molar-refractivity contribution >= 4 is 0 Å². The number of nitrogens with one attached hydrogen (secondary N) is 2. The minimum atomic E-state index is 0.497. The van der Waals surface area contributed by atoms with Crippen molar-refractivity contribution in [2.24, 2.45) is 0 Å². The van der Waals surface area contributed by atoms with Crippen LogP contribution in [0.5, 0.6) is 0 Å². The Labute approximate surface area is 96.6 Å². The highest BCUT2D eigenvalue weighted by atomic mass is 15.2. The van der Waals surface area contributed by atoms with Crippen LogP contribution in [0.4, 0.5) is 0 Å². The summed E-state index contributed by atoms with van der Waals surface area (Å²) in [6, 6.07) is 0. The van der Waals surface area contributed by atoms with Gasteiger partial charge in [-0.3, -0.25) is 4.90 Å². The third-order valence-electron chi connectivity index (χ3n) is 2.35. The molecule has 15 heavy (non-hydrogen) atoms. The molecule has 0 aromatic carbocycles. The molecule has 3 nitrogen and oxygen atoms in total. The Hall–Kier alpha value is -0.120. The van der Waals surface area contributed by atoms with Gasteiger partial charge in [-0.05, 0) is 47.0 Å². The van der Waals surface area contributed by atoms with Crippen molar-refractivity contribution in [2.45, 2.75) is 46.7 Å². The highest BCUT2D eigenvalue weighted by Crippen LogP contribution is 1.98. The third-order valence-corrected chi connectivity index (χ3v) is 2.35. The molecule has 0 radical (unpaired) electrons. The summed E-state index contributed by atoms with van der Waals surface area (Å²) < 4.78 is 0. The fourth-order valence-corrected chi connectivity index (χ4v) is 1.43. The van der Waals surface area contributed by atoms with Gasteiger partial charge in [-0.2, -0.15) is 0 Å². The Bertz CT molecular complexity index is 107. The maximum atomic E-state index is 3.28. The highest BCUT2D eigenvalue weighted by molar-refractivity contribution is 4.63. The van der Waals surface area contributed by atoms with E-state index < -0.39 is 0 Å². The van der Waals surface area contributed by atoms with E-state index in [4.69, 9.17) is 0 Å². The maximum absolute atomic E-state index is 3.28. The molecule has 0 spiro atoms. The standard InChI is InChI=1S/C10H25N3.C2H6/c1-5-8-13(10(2)12-4)9-6-7-11-3;1-2/h10-12H,5-9H2,1-4H3;1-2H3. The van der Waals surface area contributed by atoms with E-state index in [0.29, 0.717) is 6.17 Å². The first-order chi connectivity index (χ1) is 7.26. The van der Waals surface area contributed by atoms with Gasteiger partial charge in [-0.25, -0.2) is 0 Å². The Balaban J connectivity index is 0. The molecule has 0 aliphatic rings. The van der Waals surface area contributed by atoms with E-state index in [1.165, 1.54) is 25.9 Å². The third kappa shape index (κ3) is 10.2. The summed E-state index contributed by atoms with van der Waals surface area (Å²) in [5.74, 6) is 0. The summed E-state index contributed by atoms with van der Waals surface area (Å²) in [6.07, 6.45) is 2.95. The monoisotopic (exact) mass is 217 g/mol. The van der Waals surface area contributed by atoms with Crippen LogP contribution in [0.25, 0.3) is 0 Å². The lowest BCUT2D eigenvalue weighted by Gasteiger charge is -2.28. The Morgan fingerprint density at radius 2 is 1.73 bits per heavy atom. The predicted octanol–water partition coefficient (Wildman–Crippen LogP) is 1.90. The zero-order chi connectivity index (χ0) is 12.1. The minimum Gasteiger partial charge on any atom is -0.320 e. The summed E-state index contributed by atoms with van der Waals surface area (Å²) in [5.41, 5.74) is 0. The average molecular weight is 217 g/mol. The summed E-state index contributed by atoms with van der Waals surface area (Å²) in [6.45, 7) is 11.9. The van der Waals surface area contributed by atoms with Crippen LogP contribution in [0.15, 0.2) is 0 Å². The van der Waals surface area contributed by atoms with Gasteiger partial charge < -0.3 is 10.6 Å². The van der Waals surface area contributed by atoms with Crippen LogP contribution in [-0.2, 0) is 0 Å². The topological polar surface area (TPSA) is 27.3 Å². The number of rotatable bonds is 8. The van der Waals surface area contributed by atoms with Gasteiger partial charge in [0.1, 0.15) is 0 Å². The van der Waals surface area contributed by atoms with E-state index >= 15 is 0 Å². The van der Waals surface area contributed by atoms with Crippen molar-refractivity contribution < 1.29 is 0 Å². The van der Waals surface area contributed by atoms with Gasteiger partial charge in [0, 0.05) is 6.54 Å². The Morgan fingerprint density at radius 1 is 1.13 bits per heavy atom. The fraction of sp³-hybridized carbons (Fsp3) is 1.00. The fourth-order valence-electron chi connectivity index (χ4n) is 1.43. The van der Waals surface area contributed by atoms with E-state index in [-0.39, 0.29) is 0 Å². The SMILES string of the molecule is CC.CCCN(CCCNC)C(C)NC. The molecule has 0 saturated heterocycles. The molecule has 3 heteroatoms. The van der Waals surface area contributed by atoms with Crippen LogP contribution in [0.1, 0.15) is 40.5 Å². The van der Waals surface area contributed by atoms with Crippen LogP contribution in [-0.4, -0.2) is 44.8 Å². The molecule has 0 aromatic rings. The number of nitrogens with zero attached hydrogens (tertiary/aromatic N) is 1. The smallest absolute Gasteiger partial charge is 0.0565 e. The van der Waals surface area contributed by atoms with Gasteiger partial charge in [0.2, 0.25) is 0 Å². The van der Waals surface area contributed by atoms with Gasteiger partial charge in [-0.15, -0.1) is 0 Å².